The molecule has 1 heterocycles. The standard InChI is InChI=1S/C18H24N4O/c1-22-15(13-5-3-4-6-14(13)23-2)20-21-16(22)17-7-10-18(19,11-8-17)12-9-17/h3-6H,7-12,19H2,1-2H3. The predicted octanol–water partition coefficient (Wildman–Crippen LogP) is 2.79. The summed E-state index contributed by atoms with van der Waals surface area (Å²) in [7, 11) is 3.77. The van der Waals surface area contributed by atoms with Gasteiger partial charge in [-0.1, -0.05) is 12.1 Å². The fourth-order valence-electron chi connectivity index (χ4n) is 4.41. The monoisotopic (exact) mass is 312 g/mol. The normalized spacial score (nSPS) is 29.7. The zero-order chi connectivity index (χ0) is 16.1. The molecule has 1 aromatic heterocycles. The van der Waals surface area contributed by atoms with Gasteiger partial charge >= 0.3 is 0 Å². The molecular weight excluding hydrogens is 288 g/mol. The SMILES string of the molecule is COc1ccccc1-c1nnc(C23CCC(N)(CC2)CC3)n1C. The molecule has 3 saturated carbocycles. The number of hydrogen-bond acceptors (Lipinski definition) is 4. The van der Waals surface area contributed by atoms with E-state index in [2.05, 4.69) is 21.8 Å². The lowest BCUT2D eigenvalue weighted by atomic mass is 9.57. The van der Waals surface area contributed by atoms with Crippen molar-refractivity contribution in [1.29, 1.82) is 0 Å². The van der Waals surface area contributed by atoms with Gasteiger partial charge in [-0.2, -0.15) is 0 Å². The Morgan fingerprint density at radius 2 is 1.70 bits per heavy atom. The van der Waals surface area contributed by atoms with Crippen LogP contribution in [0.15, 0.2) is 24.3 Å². The molecule has 0 saturated heterocycles. The van der Waals surface area contributed by atoms with Gasteiger partial charge < -0.3 is 15.0 Å². The number of aromatic nitrogens is 3. The molecule has 3 aliphatic rings. The van der Waals surface area contributed by atoms with E-state index >= 15 is 0 Å². The Kier molecular flexibility index (Phi) is 3.23. The van der Waals surface area contributed by atoms with E-state index in [1.165, 1.54) is 0 Å². The van der Waals surface area contributed by atoms with Crippen molar-refractivity contribution in [2.45, 2.75) is 49.5 Å². The van der Waals surface area contributed by atoms with Crippen LogP contribution in [0.25, 0.3) is 11.4 Å². The van der Waals surface area contributed by atoms with Crippen LogP contribution in [0.1, 0.15) is 44.3 Å². The summed E-state index contributed by atoms with van der Waals surface area (Å²) in [6.07, 6.45) is 6.68. The highest BCUT2D eigenvalue weighted by molar-refractivity contribution is 5.64. The van der Waals surface area contributed by atoms with E-state index in [1.54, 1.807) is 7.11 Å². The first-order chi connectivity index (χ1) is 11.1. The zero-order valence-corrected chi connectivity index (χ0v) is 13.9. The van der Waals surface area contributed by atoms with Crippen molar-refractivity contribution in [3.8, 4) is 17.1 Å². The Labute approximate surface area is 136 Å². The number of hydrogen-bond donors (Lipinski definition) is 1. The second-order valence-corrected chi connectivity index (χ2v) is 7.25. The third kappa shape index (κ3) is 2.17. The van der Waals surface area contributed by atoms with Gasteiger partial charge in [0, 0.05) is 18.0 Å². The minimum atomic E-state index is 0.0752. The maximum Gasteiger partial charge on any atom is 0.167 e. The summed E-state index contributed by atoms with van der Waals surface area (Å²) in [6.45, 7) is 0. The molecule has 3 aliphatic carbocycles. The minimum Gasteiger partial charge on any atom is -0.496 e. The highest BCUT2D eigenvalue weighted by atomic mass is 16.5. The molecule has 0 amide bonds. The molecule has 0 radical (unpaired) electrons. The van der Waals surface area contributed by atoms with Crippen molar-refractivity contribution in [3.63, 3.8) is 0 Å². The van der Waals surface area contributed by atoms with Gasteiger partial charge in [0.15, 0.2) is 5.82 Å². The lowest BCUT2D eigenvalue weighted by molar-refractivity contribution is 0.0984. The van der Waals surface area contributed by atoms with Crippen LogP contribution in [0.3, 0.4) is 0 Å². The first-order valence-corrected chi connectivity index (χ1v) is 8.39. The first-order valence-electron chi connectivity index (χ1n) is 8.39. The van der Waals surface area contributed by atoms with E-state index in [9.17, 15) is 0 Å². The average molecular weight is 312 g/mol. The molecule has 3 fully saturated rings. The van der Waals surface area contributed by atoms with E-state index in [1.807, 2.05) is 24.3 Å². The van der Waals surface area contributed by atoms with Gasteiger partial charge in [0.1, 0.15) is 11.6 Å². The molecule has 0 spiro atoms. The van der Waals surface area contributed by atoms with Crippen molar-refractivity contribution < 1.29 is 4.74 Å². The second kappa shape index (κ2) is 5.06. The molecule has 122 valence electrons. The number of fused-ring (bicyclic) bond motifs is 3. The topological polar surface area (TPSA) is 66.0 Å². The van der Waals surface area contributed by atoms with Crippen molar-refractivity contribution >= 4 is 0 Å². The van der Waals surface area contributed by atoms with Crippen molar-refractivity contribution in [3.05, 3.63) is 30.1 Å². The summed E-state index contributed by atoms with van der Waals surface area (Å²) in [4.78, 5) is 0. The Bertz CT molecular complexity index is 712. The quantitative estimate of drug-likeness (QED) is 0.946. The molecule has 0 unspecified atom stereocenters. The number of rotatable bonds is 3. The van der Waals surface area contributed by atoms with Gasteiger partial charge in [-0.05, 0) is 50.7 Å². The van der Waals surface area contributed by atoms with Crippen molar-refractivity contribution in [2.24, 2.45) is 12.8 Å². The summed E-state index contributed by atoms with van der Waals surface area (Å²) >= 11 is 0. The Balaban J connectivity index is 1.75. The molecule has 2 aromatic rings. The van der Waals surface area contributed by atoms with Crippen LogP contribution in [0.4, 0.5) is 0 Å². The summed E-state index contributed by atoms with van der Waals surface area (Å²) in [6, 6.07) is 7.98. The zero-order valence-electron chi connectivity index (χ0n) is 13.9. The smallest absolute Gasteiger partial charge is 0.167 e. The number of benzene rings is 1. The van der Waals surface area contributed by atoms with Crippen LogP contribution in [0, 0.1) is 0 Å². The molecule has 5 nitrogen and oxygen atoms in total. The van der Waals surface area contributed by atoms with Gasteiger partial charge in [0.25, 0.3) is 0 Å². The molecule has 0 aliphatic heterocycles. The van der Waals surface area contributed by atoms with E-state index in [-0.39, 0.29) is 11.0 Å². The fourth-order valence-corrected chi connectivity index (χ4v) is 4.41. The largest absolute Gasteiger partial charge is 0.496 e. The van der Waals surface area contributed by atoms with Gasteiger partial charge in [-0.15, -0.1) is 10.2 Å². The van der Waals surface area contributed by atoms with Crippen molar-refractivity contribution in [2.75, 3.05) is 7.11 Å². The molecule has 1 aromatic carbocycles. The molecule has 23 heavy (non-hydrogen) atoms. The molecule has 0 atom stereocenters. The molecule has 2 bridgehead atoms. The molecule has 5 rings (SSSR count). The van der Waals surface area contributed by atoms with Gasteiger partial charge in [0.05, 0.1) is 12.7 Å². The van der Waals surface area contributed by atoms with Gasteiger partial charge in [-0.3, -0.25) is 0 Å². The summed E-state index contributed by atoms with van der Waals surface area (Å²) in [5, 5.41) is 9.10. The number of para-hydroxylation sites is 1. The van der Waals surface area contributed by atoms with Crippen LogP contribution < -0.4 is 10.5 Å². The fraction of sp³-hybridized carbons (Fsp3) is 0.556. The maximum atomic E-state index is 6.45. The lowest BCUT2D eigenvalue weighted by Gasteiger charge is -2.51. The maximum absolute atomic E-state index is 6.45. The Morgan fingerprint density at radius 3 is 2.35 bits per heavy atom. The average Bonchev–Trinajstić information content (AvgIpc) is 2.98. The van der Waals surface area contributed by atoms with Crippen LogP contribution in [0.2, 0.25) is 0 Å². The summed E-state index contributed by atoms with van der Waals surface area (Å²) < 4.78 is 7.64. The highest BCUT2D eigenvalue weighted by Crippen LogP contribution is 2.52. The van der Waals surface area contributed by atoms with E-state index < -0.39 is 0 Å². The molecule has 5 heteroatoms. The number of nitrogens with zero attached hydrogens (tertiary/aromatic N) is 3. The van der Waals surface area contributed by atoms with E-state index in [0.29, 0.717) is 0 Å². The Hall–Kier alpha value is -1.88. The summed E-state index contributed by atoms with van der Waals surface area (Å²) in [5.74, 6) is 2.82. The number of nitrogens with two attached hydrogens (primary N) is 1. The predicted molar refractivity (Wildman–Crippen MR) is 89.3 cm³/mol. The van der Waals surface area contributed by atoms with Crippen LogP contribution >= 0.6 is 0 Å². The highest BCUT2D eigenvalue weighted by Gasteiger charge is 2.49. The van der Waals surface area contributed by atoms with Crippen LogP contribution in [-0.4, -0.2) is 27.4 Å². The van der Waals surface area contributed by atoms with Crippen LogP contribution in [0.5, 0.6) is 5.75 Å². The van der Waals surface area contributed by atoms with E-state index in [4.69, 9.17) is 10.5 Å². The van der Waals surface area contributed by atoms with E-state index in [0.717, 1.165) is 61.5 Å². The van der Waals surface area contributed by atoms with Crippen molar-refractivity contribution in [1.82, 2.24) is 14.8 Å². The number of ether oxygens (including phenoxy) is 1. The van der Waals surface area contributed by atoms with Crippen LogP contribution in [-0.2, 0) is 12.5 Å². The third-order valence-electron chi connectivity index (χ3n) is 6.00. The minimum absolute atomic E-state index is 0.0752. The second-order valence-electron chi connectivity index (χ2n) is 7.25. The third-order valence-corrected chi connectivity index (χ3v) is 6.00. The molecule has 2 N–H and O–H groups in total. The lowest BCUT2D eigenvalue weighted by Crippen LogP contribution is -2.54. The Morgan fingerprint density at radius 1 is 1.04 bits per heavy atom. The van der Waals surface area contributed by atoms with Gasteiger partial charge in [0.2, 0.25) is 0 Å². The summed E-state index contributed by atoms with van der Waals surface area (Å²) in [5.41, 5.74) is 7.67. The number of methoxy groups -OCH3 is 1. The molecular formula is C18H24N4O. The van der Waals surface area contributed by atoms with Gasteiger partial charge in [-0.25, -0.2) is 0 Å². The first kappa shape index (κ1) is 14.7.